The van der Waals surface area contributed by atoms with E-state index in [1.165, 1.54) is 0 Å². The Kier molecular flexibility index (Phi) is 4.33. The molecular formula is C13H25N3O. The zero-order chi connectivity index (χ0) is 13.1. The van der Waals surface area contributed by atoms with Crippen LogP contribution in [-0.4, -0.2) is 26.8 Å². The van der Waals surface area contributed by atoms with E-state index < -0.39 is 5.60 Å². The summed E-state index contributed by atoms with van der Waals surface area (Å²) in [6.07, 6.45) is 5.29. The van der Waals surface area contributed by atoms with E-state index in [0.29, 0.717) is 6.42 Å². The van der Waals surface area contributed by atoms with Crippen LogP contribution in [0.2, 0.25) is 0 Å². The Morgan fingerprint density at radius 2 is 2.06 bits per heavy atom. The van der Waals surface area contributed by atoms with Gasteiger partial charge in [0.25, 0.3) is 0 Å². The van der Waals surface area contributed by atoms with Crippen LogP contribution in [-0.2, 0) is 13.0 Å². The Bertz CT molecular complexity index is 354. The van der Waals surface area contributed by atoms with Crippen molar-refractivity contribution >= 4 is 0 Å². The predicted octanol–water partition coefficient (Wildman–Crippen LogP) is 1.57. The average molecular weight is 239 g/mol. The first-order valence-electron chi connectivity index (χ1n) is 6.26. The quantitative estimate of drug-likeness (QED) is 0.820. The van der Waals surface area contributed by atoms with Gasteiger partial charge in [0.15, 0.2) is 0 Å². The van der Waals surface area contributed by atoms with Gasteiger partial charge < -0.3 is 15.4 Å². The SMILES string of the molecule is CCCn1ccnc1CC(O)(CN)C(C)(C)C. The Morgan fingerprint density at radius 3 is 2.53 bits per heavy atom. The van der Waals surface area contributed by atoms with E-state index in [1.807, 2.05) is 27.0 Å². The third kappa shape index (κ3) is 3.07. The highest BCUT2D eigenvalue weighted by Crippen LogP contribution is 2.32. The van der Waals surface area contributed by atoms with Crippen LogP contribution in [0.5, 0.6) is 0 Å². The Morgan fingerprint density at radius 1 is 1.41 bits per heavy atom. The molecule has 0 spiro atoms. The zero-order valence-corrected chi connectivity index (χ0v) is 11.4. The van der Waals surface area contributed by atoms with Gasteiger partial charge in [0, 0.05) is 31.9 Å². The molecule has 1 aromatic heterocycles. The molecule has 1 atom stereocenters. The second-order valence-electron chi connectivity index (χ2n) is 5.70. The molecular weight excluding hydrogens is 214 g/mol. The number of aryl methyl sites for hydroxylation is 1. The van der Waals surface area contributed by atoms with Crippen LogP contribution in [0.4, 0.5) is 0 Å². The molecule has 1 rings (SSSR count). The van der Waals surface area contributed by atoms with Crippen LogP contribution in [0, 0.1) is 5.41 Å². The van der Waals surface area contributed by atoms with Crippen molar-refractivity contribution in [1.82, 2.24) is 9.55 Å². The third-order valence-corrected chi connectivity index (χ3v) is 3.45. The minimum Gasteiger partial charge on any atom is -0.388 e. The summed E-state index contributed by atoms with van der Waals surface area (Å²) in [5, 5.41) is 10.6. The molecule has 17 heavy (non-hydrogen) atoms. The Labute approximate surface area is 104 Å². The number of hydrogen-bond donors (Lipinski definition) is 2. The van der Waals surface area contributed by atoms with Crippen molar-refractivity contribution in [3.05, 3.63) is 18.2 Å². The summed E-state index contributed by atoms with van der Waals surface area (Å²) in [7, 11) is 0. The largest absolute Gasteiger partial charge is 0.388 e. The molecule has 1 aromatic rings. The van der Waals surface area contributed by atoms with Gasteiger partial charge in [0.2, 0.25) is 0 Å². The Balaban J connectivity index is 2.91. The highest BCUT2D eigenvalue weighted by atomic mass is 16.3. The van der Waals surface area contributed by atoms with Gasteiger partial charge in [0.05, 0.1) is 5.60 Å². The van der Waals surface area contributed by atoms with Crippen LogP contribution in [0.3, 0.4) is 0 Å². The van der Waals surface area contributed by atoms with Crippen molar-refractivity contribution in [3.8, 4) is 0 Å². The first-order chi connectivity index (χ1) is 7.84. The molecule has 4 nitrogen and oxygen atoms in total. The summed E-state index contributed by atoms with van der Waals surface area (Å²) in [6, 6.07) is 0. The molecule has 4 heteroatoms. The third-order valence-electron chi connectivity index (χ3n) is 3.45. The lowest BCUT2D eigenvalue weighted by Gasteiger charge is -2.39. The number of aromatic nitrogens is 2. The summed E-state index contributed by atoms with van der Waals surface area (Å²) in [4.78, 5) is 4.33. The van der Waals surface area contributed by atoms with Crippen LogP contribution < -0.4 is 5.73 Å². The fourth-order valence-corrected chi connectivity index (χ4v) is 1.86. The van der Waals surface area contributed by atoms with Crippen LogP contribution >= 0.6 is 0 Å². The van der Waals surface area contributed by atoms with Crippen molar-refractivity contribution < 1.29 is 5.11 Å². The van der Waals surface area contributed by atoms with Gasteiger partial charge >= 0.3 is 0 Å². The maximum Gasteiger partial charge on any atom is 0.111 e. The maximum absolute atomic E-state index is 10.6. The number of nitrogens with two attached hydrogens (primary N) is 1. The summed E-state index contributed by atoms with van der Waals surface area (Å²) >= 11 is 0. The fraction of sp³-hybridized carbons (Fsp3) is 0.769. The number of rotatable bonds is 5. The van der Waals surface area contributed by atoms with E-state index in [2.05, 4.69) is 16.5 Å². The first-order valence-corrected chi connectivity index (χ1v) is 6.26. The van der Waals surface area contributed by atoms with E-state index in [-0.39, 0.29) is 12.0 Å². The monoisotopic (exact) mass is 239 g/mol. The molecule has 0 fully saturated rings. The first kappa shape index (κ1) is 14.2. The lowest BCUT2D eigenvalue weighted by Crippen LogP contribution is -2.51. The molecule has 0 saturated heterocycles. The second-order valence-corrected chi connectivity index (χ2v) is 5.70. The van der Waals surface area contributed by atoms with Gasteiger partial charge in [-0.1, -0.05) is 27.7 Å². The number of aliphatic hydroxyl groups is 1. The minimum absolute atomic E-state index is 0.246. The molecule has 98 valence electrons. The lowest BCUT2D eigenvalue weighted by molar-refractivity contribution is -0.0510. The summed E-state index contributed by atoms with van der Waals surface area (Å²) in [5.41, 5.74) is 4.57. The van der Waals surface area contributed by atoms with Crippen LogP contribution in [0.15, 0.2) is 12.4 Å². The topological polar surface area (TPSA) is 64.1 Å². The molecule has 3 N–H and O–H groups in total. The van der Waals surface area contributed by atoms with Crippen molar-refractivity contribution in [2.45, 2.75) is 52.7 Å². The van der Waals surface area contributed by atoms with Gasteiger partial charge in [0.1, 0.15) is 5.82 Å². The van der Waals surface area contributed by atoms with Crippen molar-refractivity contribution in [3.63, 3.8) is 0 Å². The van der Waals surface area contributed by atoms with Gasteiger partial charge in [-0.2, -0.15) is 0 Å². The molecule has 0 aliphatic rings. The van der Waals surface area contributed by atoms with E-state index in [4.69, 9.17) is 5.73 Å². The summed E-state index contributed by atoms with van der Waals surface area (Å²) in [6.45, 7) is 9.32. The Hall–Kier alpha value is -0.870. The van der Waals surface area contributed by atoms with E-state index in [1.54, 1.807) is 6.20 Å². The molecule has 0 aliphatic heterocycles. The van der Waals surface area contributed by atoms with E-state index in [9.17, 15) is 5.11 Å². The van der Waals surface area contributed by atoms with Gasteiger partial charge in [-0.3, -0.25) is 0 Å². The van der Waals surface area contributed by atoms with Gasteiger partial charge in [-0.25, -0.2) is 4.98 Å². The van der Waals surface area contributed by atoms with Crippen molar-refractivity contribution in [1.29, 1.82) is 0 Å². The molecule has 0 amide bonds. The second kappa shape index (κ2) is 5.19. The predicted molar refractivity (Wildman–Crippen MR) is 69.7 cm³/mol. The lowest BCUT2D eigenvalue weighted by atomic mass is 9.74. The number of imidazole rings is 1. The maximum atomic E-state index is 10.6. The highest BCUT2D eigenvalue weighted by molar-refractivity contribution is 5.03. The molecule has 1 unspecified atom stereocenters. The molecule has 0 radical (unpaired) electrons. The summed E-state index contributed by atoms with van der Waals surface area (Å²) in [5.74, 6) is 0.912. The standard InChI is InChI=1S/C13H25N3O/c1-5-7-16-8-6-15-11(16)9-13(17,10-14)12(2,3)4/h6,8,17H,5,7,9-10,14H2,1-4H3. The fourth-order valence-electron chi connectivity index (χ4n) is 1.86. The van der Waals surface area contributed by atoms with Gasteiger partial charge in [-0.05, 0) is 11.8 Å². The van der Waals surface area contributed by atoms with E-state index >= 15 is 0 Å². The minimum atomic E-state index is -0.913. The smallest absolute Gasteiger partial charge is 0.111 e. The average Bonchev–Trinajstić information content (AvgIpc) is 2.64. The molecule has 0 aromatic carbocycles. The molecule has 0 aliphatic carbocycles. The van der Waals surface area contributed by atoms with Gasteiger partial charge in [-0.15, -0.1) is 0 Å². The zero-order valence-electron chi connectivity index (χ0n) is 11.4. The highest BCUT2D eigenvalue weighted by Gasteiger charge is 2.39. The van der Waals surface area contributed by atoms with Crippen LogP contribution in [0.1, 0.15) is 39.9 Å². The van der Waals surface area contributed by atoms with Crippen LogP contribution in [0.25, 0.3) is 0 Å². The molecule has 1 heterocycles. The molecule has 0 bridgehead atoms. The number of nitrogens with zero attached hydrogens (tertiary/aromatic N) is 2. The molecule has 0 saturated carbocycles. The van der Waals surface area contributed by atoms with Crippen molar-refractivity contribution in [2.75, 3.05) is 6.54 Å². The number of hydrogen-bond acceptors (Lipinski definition) is 3. The summed E-state index contributed by atoms with van der Waals surface area (Å²) < 4.78 is 2.09. The normalized spacial score (nSPS) is 15.9. The van der Waals surface area contributed by atoms with Crippen molar-refractivity contribution in [2.24, 2.45) is 11.1 Å². The van der Waals surface area contributed by atoms with E-state index in [0.717, 1.165) is 18.8 Å².